The van der Waals surface area contributed by atoms with Crippen LogP contribution in [0.3, 0.4) is 0 Å². The molecule has 0 bridgehead atoms. The molecule has 22 heavy (non-hydrogen) atoms. The molecular formula is C15H22N2O4S. The zero-order valence-corrected chi connectivity index (χ0v) is 13.5. The topological polar surface area (TPSA) is 84.5 Å². The molecule has 0 spiro atoms. The van der Waals surface area contributed by atoms with Crippen molar-refractivity contribution in [1.82, 2.24) is 10.6 Å². The molecule has 1 aliphatic rings. The van der Waals surface area contributed by atoms with Crippen molar-refractivity contribution in [2.45, 2.75) is 12.8 Å². The van der Waals surface area contributed by atoms with Crippen LogP contribution in [0.15, 0.2) is 24.3 Å². The summed E-state index contributed by atoms with van der Waals surface area (Å²) >= 11 is 0. The van der Waals surface area contributed by atoms with Crippen molar-refractivity contribution >= 4 is 15.9 Å². The highest BCUT2D eigenvalue weighted by Crippen LogP contribution is 2.17. The van der Waals surface area contributed by atoms with Gasteiger partial charge in [0.1, 0.15) is 5.75 Å². The molecule has 2 N–H and O–H groups in total. The fourth-order valence-corrected chi connectivity index (χ4v) is 4.31. The van der Waals surface area contributed by atoms with Crippen molar-refractivity contribution in [1.29, 1.82) is 0 Å². The van der Waals surface area contributed by atoms with Gasteiger partial charge in [-0.05, 0) is 36.5 Å². The first-order valence-electron chi connectivity index (χ1n) is 7.33. The maximum absolute atomic E-state index is 11.7. The number of carbonyl (C=O) groups is 1. The summed E-state index contributed by atoms with van der Waals surface area (Å²) in [6, 6.07) is 7.44. The number of benzene rings is 1. The van der Waals surface area contributed by atoms with E-state index >= 15 is 0 Å². The number of amides is 2. The average Bonchev–Trinajstić information content (AvgIpc) is 2.85. The van der Waals surface area contributed by atoms with Gasteiger partial charge in [0, 0.05) is 13.1 Å². The van der Waals surface area contributed by atoms with Crippen LogP contribution in [0.1, 0.15) is 12.0 Å². The SMILES string of the molecule is COc1ccc(CCNC(=O)NCC2CCS(=O)(=O)C2)cc1. The summed E-state index contributed by atoms with van der Waals surface area (Å²) < 4.78 is 27.7. The van der Waals surface area contributed by atoms with E-state index in [4.69, 9.17) is 4.74 Å². The molecule has 1 aromatic carbocycles. The molecule has 1 aromatic rings. The standard InChI is InChI=1S/C15H22N2O4S/c1-21-14-4-2-12(3-5-14)6-8-16-15(18)17-10-13-7-9-22(19,20)11-13/h2-5,13H,6-11H2,1H3,(H2,16,17,18). The Morgan fingerprint density at radius 2 is 2.00 bits per heavy atom. The Kier molecular flexibility index (Phi) is 5.65. The van der Waals surface area contributed by atoms with Crippen LogP contribution in [0.25, 0.3) is 0 Å². The Morgan fingerprint density at radius 1 is 1.27 bits per heavy atom. The third-order valence-electron chi connectivity index (χ3n) is 3.74. The Hall–Kier alpha value is -1.76. The van der Waals surface area contributed by atoms with Crippen LogP contribution in [-0.4, -0.2) is 46.2 Å². The lowest BCUT2D eigenvalue weighted by atomic mass is 10.1. The summed E-state index contributed by atoms with van der Waals surface area (Å²) in [6.45, 7) is 0.939. The van der Waals surface area contributed by atoms with Crippen molar-refractivity contribution < 1.29 is 17.9 Å². The minimum Gasteiger partial charge on any atom is -0.497 e. The molecule has 1 aliphatic heterocycles. The van der Waals surface area contributed by atoms with Crippen LogP contribution in [-0.2, 0) is 16.3 Å². The van der Waals surface area contributed by atoms with Crippen LogP contribution in [0.4, 0.5) is 4.79 Å². The van der Waals surface area contributed by atoms with Crippen molar-refractivity contribution in [3.05, 3.63) is 29.8 Å². The lowest BCUT2D eigenvalue weighted by Crippen LogP contribution is -2.39. The van der Waals surface area contributed by atoms with Crippen LogP contribution in [0.2, 0.25) is 0 Å². The summed E-state index contributed by atoms with van der Waals surface area (Å²) in [6.07, 6.45) is 1.36. The normalized spacial score (nSPS) is 19.6. The Bertz CT molecular complexity index is 598. The molecule has 0 aromatic heterocycles. The molecular weight excluding hydrogens is 304 g/mol. The first-order chi connectivity index (χ1) is 10.5. The second-order valence-corrected chi connectivity index (χ2v) is 7.73. The number of sulfone groups is 1. The van der Waals surface area contributed by atoms with E-state index in [1.165, 1.54) is 0 Å². The molecule has 1 heterocycles. The van der Waals surface area contributed by atoms with Gasteiger partial charge in [0.25, 0.3) is 0 Å². The van der Waals surface area contributed by atoms with Crippen LogP contribution in [0, 0.1) is 5.92 Å². The first-order valence-corrected chi connectivity index (χ1v) is 9.16. The smallest absolute Gasteiger partial charge is 0.314 e. The van der Waals surface area contributed by atoms with Crippen molar-refractivity contribution in [2.75, 3.05) is 31.7 Å². The Labute approximate surface area is 131 Å². The van der Waals surface area contributed by atoms with Crippen molar-refractivity contribution in [3.8, 4) is 5.75 Å². The van der Waals surface area contributed by atoms with Crippen LogP contribution >= 0.6 is 0 Å². The number of methoxy groups -OCH3 is 1. The van der Waals surface area contributed by atoms with Gasteiger partial charge < -0.3 is 15.4 Å². The van der Waals surface area contributed by atoms with E-state index in [2.05, 4.69) is 10.6 Å². The van der Waals surface area contributed by atoms with Crippen molar-refractivity contribution in [3.63, 3.8) is 0 Å². The van der Waals surface area contributed by atoms with Crippen LogP contribution in [0.5, 0.6) is 5.75 Å². The first kappa shape index (κ1) is 16.6. The Balaban J connectivity index is 1.63. The summed E-state index contributed by atoms with van der Waals surface area (Å²) in [4.78, 5) is 11.7. The second-order valence-electron chi connectivity index (χ2n) is 5.50. The fourth-order valence-electron chi connectivity index (χ4n) is 2.45. The number of carbonyl (C=O) groups excluding carboxylic acids is 1. The van der Waals surface area contributed by atoms with E-state index in [9.17, 15) is 13.2 Å². The van der Waals surface area contributed by atoms with Gasteiger partial charge in [0.05, 0.1) is 18.6 Å². The van der Waals surface area contributed by atoms with Gasteiger partial charge in [-0.2, -0.15) is 0 Å². The lowest BCUT2D eigenvalue weighted by molar-refractivity contribution is 0.239. The molecule has 2 amide bonds. The predicted molar refractivity (Wildman–Crippen MR) is 84.9 cm³/mol. The van der Waals surface area contributed by atoms with E-state index < -0.39 is 9.84 Å². The van der Waals surface area contributed by atoms with Gasteiger partial charge in [0.2, 0.25) is 0 Å². The number of hydrogen-bond acceptors (Lipinski definition) is 4. The van der Waals surface area contributed by atoms with Gasteiger partial charge in [-0.3, -0.25) is 0 Å². The van der Waals surface area contributed by atoms with Crippen molar-refractivity contribution in [2.24, 2.45) is 5.92 Å². The third kappa shape index (κ3) is 5.22. The molecule has 2 rings (SSSR count). The third-order valence-corrected chi connectivity index (χ3v) is 5.57. The van der Waals surface area contributed by atoms with Crippen LogP contribution < -0.4 is 15.4 Å². The highest BCUT2D eigenvalue weighted by atomic mass is 32.2. The maximum Gasteiger partial charge on any atom is 0.314 e. The monoisotopic (exact) mass is 326 g/mol. The van der Waals surface area contributed by atoms with Gasteiger partial charge in [-0.15, -0.1) is 0 Å². The summed E-state index contributed by atoms with van der Waals surface area (Å²) in [7, 11) is -1.26. The minimum absolute atomic E-state index is 0.0392. The molecule has 1 fully saturated rings. The average molecular weight is 326 g/mol. The molecule has 6 nitrogen and oxygen atoms in total. The zero-order valence-electron chi connectivity index (χ0n) is 12.7. The quantitative estimate of drug-likeness (QED) is 0.816. The summed E-state index contributed by atoms with van der Waals surface area (Å²) in [5.74, 6) is 1.26. The molecule has 0 radical (unpaired) electrons. The van der Waals surface area contributed by atoms with Gasteiger partial charge in [-0.25, -0.2) is 13.2 Å². The highest BCUT2D eigenvalue weighted by Gasteiger charge is 2.27. The van der Waals surface area contributed by atoms with E-state index in [1.54, 1.807) is 7.11 Å². The number of hydrogen-bond donors (Lipinski definition) is 2. The summed E-state index contributed by atoms with van der Waals surface area (Å²) in [5.41, 5.74) is 1.11. The largest absolute Gasteiger partial charge is 0.497 e. The lowest BCUT2D eigenvalue weighted by Gasteiger charge is -2.11. The molecule has 122 valence electrons. The number of rotatable bonds is 6. The van der Waals surface area contributed by atoms with E-state index in [1.807, 2.05) is 24.3 Å². The second kappa shape index (κ2) is 7.49. The van der Waals surface area contributed by atoms with Gasteiger partial charge in [0.15, 0.2) is 9.84 Å². The summed E-state index contributed by atoms with van der Waals surface area (Å²) in [5, 5.41) is 5.51. The maximum atomic E-state index is 11.7. The Morgan fingerprint density at radius 3 is 2.59 bits per heavy atom. The van der Waals surface area contributed by atoms with Gasteiger partial charge >= 0.3 is 6.03 Å². The highest BCUT2D eigenvalue weighted by molar-refractivity contribution is 7.91. The molecule has 0 saturated carbocycles. The minimum atomic E-state index is -2.88. The molecule has 1 unspecified atom stereocenters. The van der Waals surface area contributed by atoms with E-state index in [0.29, 0.717) is 19.5 Å². The molecule has 1 saturated heterocycles. The number of nitrogens with one attached hydrogen (secondary N) is 2. The molecule has 1 atom stereocenters. The number of ether oxygens (including phenoxy) is 1. The van der Waals surface area contributed by atoms with Gasteiger partial charge in [-0.1, -0.05) is 12.1 Å². The molecule has 7 heteroatoms. The molecule has 0 aliphatic carbocycles. The van der Waals surface area contributed by atoms with E-state index in [0.717, 1.165) is 17.7 Å². The van der Waals surface area contributed by atoms with E-state index in [-0.39, 0.29) is 23.5 Å². The number of urea groups is 1. The predicted octanol–water partition coefficient (Wildman–Crippen LogP) is 0.972. The fraction of sp³-hybridized carbons (Fsp3) is 0.533. The zero-order chi connectivity index (χ0) is 16.0.